The zero-order chi connectivity index (χ0) is 12.9. The summed E-state index contributed by atoms with van der Waals surface area (Å²) in [6, 6.07) is 5.60. The summed E-state index contributed by atoms with van der Waals surface area (Å²) in [5.41, 5.74) is 3.07. The van der Waals surface area contributed by atoms with E-state index in [0.29, 0.717) is 5.58 Å². The van der Waals surface area contributed by atoms with Gasteiger partial charge in [0.1, 0.15) is 10.3 Å². The van der Waals surface area contributed by atoms with Crippen LogP contribution in [0.4, 0.5) is 0 Å². The molecule has 0 bridgehead atoms. The fourth-order valence-electron chi connectivity index (χ4n) is 1.89. The highest BCUT2D eigenvalue weighted by Gasteiger charge is 2.12. The Morgan fingerprint density at radius 3 is 2.78 bits per heavy atom. The van der Waals surface area contributed by atoms with E-state index in [9.17, 15) is 4.79 Å². The third-order valence-electron chi connectivity index (χ3n) is 2.93. The van der Waals surface area contributed by atoms with Crippen molar-refractivity contribution in [2.45, 2.75) is 0 Å². The molecule has 3 aromatic rings. The van der Waals surface area contributed by atoms with Gasteiger partial charge in [-0.15, -0.1) is 0 Å². The molecule has 5 nitrogen and oxygen atoms in total. The van der Waals surface area contributed by atoms with Crippen molar-refractivity contribution in [1.29, 1.82) is 0 Å². The second-order valence-corrected chi connectivity index (χ2v) is 4.86. The molecule has 0 spiro atoms. The minimum atomic E-state index is -0.359. The van der Waals surface area contributed by atoms with Gasteiger partial charge in [0, 0.05) is 19.7 Å². The van der Waals surface area contributed by atoms with Gasteiger partial charge in [-0.25, -0.2) is 9.78 Å². The first-order valence-corrected chi connectivity index (χ1v) is 6.14. The molecule has 92 valence electrons. The largest absolute Gasteiger partial charge is 0.419 e. The normalized spacial score (nSPS) is 11.3. The van der Waals surface area contributed by atoms with Crippen LogP contribution in [0.3, 0.4) is 0 Å². The second kappa shape index (κ2) is 3.84. The van der Waals surface area contributed by atoms with Crippen LogP contribution >= 0.6 is 15.9 Å². The van der Waals surface area contributed by atoms with Crippen molar-refractivity contribution in [2.24, 2.45) is 14.1 Å². The van der Waals surface area contributed by atoms with E-state index in [-0.39, 0.29) is 5.76 Å². The molecule has 0 saturated heterocycles. The molecule has 3 rings (SSSR count). The Labute approximate surface area is 111 Å². The summed E-state index contributed by atoms with van der Waals surface area (Å²) in [5.74, 6) is -0.359. The van der Waals surface area contributed by atoms with E-state index in [2.05, 4.69) is 20.9 Å². The summed E-state index contributed by atoms with van der Waals surface area (Å²) in [6.45, 7) is 0. The number of nitrogens with zero attached hydrogens (tertiary/aromatic N) is 3. The predicted octanol–water partition coefficient (Wildman–Crippen LogP) is 2.29. The first-order chi connectivity index (χ1) is 8.58. The maximum Gasteiger partial charge on any atom is 0.419 e. The molecular weight excluding hydrogens is 298 g/mol. The van der Waals surface area contributed by atoms with Gasteiger partial charge in [0.15, 0.2) is 5.58 Å². The summed E-state index contributed by atoms with van der Waals surface area (Å²) in [6.07, 6.45) is 1.73. The standard InChI is InChI=1S/C12H10BrN3O2/c1-15-6-14-10(11(15)13)7-3-4-8-9(5-7)18-12(17)16(8)2/h3-6H,1-2H3. The van der Waals surface area contributed by atoms with Crippen LogP contribution in [-0.2, 0) is 14.1 Å². The van der Waals surface area contributed by atoms with Crippen LogP contribution in [0.5, 0.6) is 0 Å². The Balaban J connectivity index is 2.25. The lowest BCUT2D eigenvalue weighted by atomic mass is 10.1. The minimum absolute atomic E-state index is 0.359. The Kier molecular flexibility index (Phi) is 2.41. The Bertz CT molecular complexity index is 797. The van der Waals surface area contributed by atoms with E-state index in [1.165, 1.54) is 4.57 Å². The molecule has 1 aromatic carbocycles. The van der Waals surface area contributed by atoms with Gasteiger partial charge in [0.2, 0.25) is 0 Å². The Hall–Kier alpha value is -1.82. The third-order valence-corrected chi connectivity index (χ3v) is 3.87. The molecule has 0 atom stereocenters. The summed E-state index contributed by atoms with van der Waals surface area (Å²) >= 11 is 3.47. The van der Waals surface area contributed by atoms with Crippen molar-refractivity contribution < 1.29 is 4.42 Å². The molecule has 0 amide bonds. The average Bonchev–Trinajstić information content (AvgIpc) is 2.82. The predicted molar refractivity (Wildman–Crippen MR) is 71.4 cm³/mol. The molecule has 0 saturated carbocycles. The molecule has 18 heavy (non-hydrogen) atoms. The number of halogens is 1. The van der Waals surface area contributed by atoms with Crippen molar-refractivity contribution in [3.63, 3.8) is 0 Å². The molecule has 0 N–H and O–H groups in total. The lowest BCUT2D eigenvalue weighted by molar-refractivity contribution is 0.528. The van der Waals surface area contributed by atoms with Gasteiger partial charge >= 0.3 is 5.76 Å². The number of aromatic nitrogens is 3. The number of hydrogen-bond donors (Lipinski definition) is 0. The zero-order valence-corrected chi connectivity index (χ0v) is 11.4. The molecule has 6 heteroatoms. The van der Waals surface area contributed by atoms with Crippen molar-refractivity contribution in [3.8, 4) is 11.3 Å². The molecule has 2 heterocycles. The SMILES string of the molecule is Cn1cnc(-c2ccc3c(c2)oc(=O)n3C)c1Br. The van der Waals surface area contributed by atoms with Crippen molar-refractivity contribution in [2.75, 3.05) is 0 Å². The maximum atomic E-state index is 11.4. The topological polar surface area (TPSA) is 53.0 Å². The summed E-state index contributed by atoms with van der Waals surface area (Å²) in [4.78, 5) is 15.7. The van der Waals surface area contributed by atoms with E-state index in [1.807, 2.05) is 29.8 Å². The van der Waals surface area contributed by atoms with Gasteiger partial charge in [-0.1, -0.05) is 6.07 Å². The fraction of sp³-hybridized carbons (Fsp3) is 0.167. The molecule has 0 aliphatic carbocycles. The van der Waals surface area contributed by atoms with Gasteiger partial charge in [-0.3, -0.25) is 4.57 Å². The highest BCUT2D eigenvalue weighted by atomic mass is 79.9. The van der Waals surface area contributed by atoms with Crippen molar-refractivity contribution >= 4 is 27.0 Å². The number of rotatable bonds is 1. The van der Waals surface area contributed by atoms with Crippen LogP contribution in [0.15, 0.2) is 38.3 Å². The Morgan fingerprint density at radius 2 is 2.11 bits per heavy atom. The molecule has 0 aliphatic rings. The van der Waals surface area contributed by atoms with E-state index in [0.717, 1.165) is 21.4 Å². The van der Waals surface area contributed by atoms with Gasteiger partial charge in [-0.2, -0.15) is 0 Å². The molecular formula is C12H10BrN3O2. The van der Waals surface area contributed by atoms with Gasteiger partial charge in [0.05, 0.1) is 11.8 Å². The van der Waals surface area contributed by atoms with Crippen LogP contribution in [-0.4, -0.2) is 14.1 Å². The van der Waals surface area contributed by atoms with Crippen LogP contribution in [0, 0.1) is 0 Å². The fourth-order valence-corrected chi connectivity index (χ4v) is 2.31. The molecule has 0 unspecified atom stereocenters. The smallest absolute Gasteiger partial charge is 0.408 e. The van der Waals surface area contributed by atoms with E-state index >= 15 is 0 Å². The Morgan fingerprint density at radius 1 is 1.33 bits per heavy atom. The highest BCUT2D eigenvalue weighted by Crippen LogP contribution is 2.28. The van der Waals surface area contributed by atoms with Crippen LogP contribution in [0.2, 0.25) is 0 Å². The van der Waals surface area contributed by atoms with Crippen LogP contribution in [0.1, 0.15) is 0 Å². The quantitative estimate of drug-likeness (QED) is 0.693. The lowest BCUT2D eigenvalue weighted by Gasteiger charge is -1.99. The second-order valence-electron chi connectivity index (χ2n) is 4.10. The van der Waals surface area contributed by atoms with E-state index in [1.54, 1.807) is 13.4 Å². The van der Waals surface area contributed by atoms with Gasteiger partial charge in [-0.05, 0) is 28.1 Å². The maximum absolute atomic E-state index is 11.4. The third kappa shape index (κ3) is 1.53. The monoisotopic (exact) mass is 307 g/mol. The number of fused-ring (bicyclic) bond motifs is 1. The highest BCUT2D eigenvalue weighted by molar-refractivity contribution is 9.10. The number of hydrogen-bond acceptors (Lipinski definition) is 3. The average molecular weight is 308 g/mol. The van der Waals surface area contributed by atoms with Crippen LogP contribution < -0.4 is 5.76 Å². The number of aryl methyl sites for hydroxylation is 2. The lowest BCUT2D eigenvalue weighted by Crippen LogP contribution is -2.08. The van der Waals surface area contributed by atoms with E-state index < -0.39 is 0 Å². The van der Waals surface area contributed by atoms with Gasteiger partial charge in [0.25, 0.3) is 0 Å². The van der Waals surface area contributed by atoms with Crippen LogP contribution in [0.25, 0.3) is 22.4 Å². The molecule has 0 fully saturated rings. The van der Waals surface area contributed by atoms with Gasteiger partial charge < -0.3 is 8.98 Å². The first kappa shape index (κ1) is 11.3. The van der Waals surface area contributed by atoms with Crippen molar-refractivity contribution in [1.82, 2.24) is 14.1 Å². The summed E-state index contributed by atoms with van der Waals surface area (Å²) < 4.78 is 9.41. The summed E-state index contributed by atoms with van der Waals surface area (Å²) in [7, 11) is 3.59. The van der Waals surface area contributed by atoms with E-state index in [4.69, 9.17) is 4.42 Å². The first-order valence-electron chi connectivity index (χ1n) is 5.34. The summed E-state index contributed by atoms with van der Waals surface area (Å²) in [5, 5.41) is 0. The number of benzene rings is 1. The molecule has 2 aromatic heterocycles. The molecule has 0 radical (unpaired) electrons. The zero-order valence-electron chi connectivity index (χ0n) is 9.85. The minimum Gasteiger partial charge on any atom is -0.408 e. The molecule has 0 aliphatic heterocycles. The number of imidazole rings is 1. The van der Waals surface area contributed by atoms with Crippen molar-refractivity contribution in [3.05, 3.63) is 39.7 Å². The number of oxazole rings is 1.